The minimum atomic E-state index is 0.260. The van der Waals surface area contributed by atoms with Gasteiger partial charge in [-0.2, -0.15) is 0 Å². The van der Waals surface area contributed by atoms with E-state index in [1.807, 2.05) is 30.3 Å². The van der Waals surface area contributed by atoms with Crippen LogP contribution in [0.3, 0.4) is 0 Å². The van der Waals surface area contributed by atoms with Crippen molar-refractivity contribution in [1.29, 1.82) is 0 Å². The predicted octanol–water partition coefficient (Wildman–Crippen LogP) is 4.59. The molecular formula is C21H20O2. The van der Waals surface area contributed by atoms with Gasteiger partial charge in [0.25, 0.3) is 0 Å². The zero-order valence-electron chi connectivity index (χ0n) is 13.2. The summed E-state index contributed by atoms with van der Waals surface area (Å²) < 4.78 is 0. The number of hydrogen-bond acceptors (Lipinski definition) is 2. The number of phenolic OH excluding ortho intramolecular Hbond substituents is 2. The first-order chi connectivity index (χ1) is 11.1. The number of rotatable bonds is 4. The largest absolute Gasteiger partial charge is 0.508 e. The van der Waals surface area contributed by atoms with Crippen LogP contribution < -0.4 is 0 Å². The van der Waals surface area contributed by atoms with Crippen molar-refractivity contribution >= 4 is 0 Å². The highest BCUT2D eigenvalue weighted by molar-refractivity contribution is 5.47. The fourth-order valence-corrected chi connectivity index (χ4v) is 2.72. The first-order valence-corrected chi connectivity index (χ1v) is 7.75. The summed E-state index contributed by atoms with van der Waals surface area (Å²) in [7, 11) is 0. The first kappa shape index (κ1) is 15.2. The van der Waals surface area contributed by atoms with E-state index >= 15 is 0 Å². The van der Waals surface area contributed by atoms with Crippen molar-refractivity contribution in [2.45, 2.75) is 19.8 Å². The van der Waals surface area contributed by atoms with Gasteiger partial charge >= 0.3 is 0 Å². The number of aryl methyl sites for hydroxylation is 1. The van der Waals surface area contributed by atoms with Crippen LogP contribution in [-0.4, -0.2) is 10.2 Å². The minimum Gasteiger partial charge on any atom is -0.508 e. The number of benzene rings is 3. The summed E-state index contributed by atoms with van der Waals surface area (Å²) in [5, 5.41) is 20.5. The fourth-order valence-electron chi connectivity index (χ4n) is 2.72. The van der Waals surface area contributed by atoms with Gasteiger partial charge in [-0.1, -0.05) is 66.2 Å². The molecule has 0 radical (unpaired) electrons. The Morgan fingerprint density at radius 1 is 0.652 bits per heavy atom. The summed E-state index contributed by atoms with van der Waals surface area (Å²) in [6.45, 7) is 2.06. The highest BCUT2D eigenvalue weighted by Gasteiger charge is 2.10. The second-order valence-electron chi connectivity index (χ2n) is 5.89. The van der Waals surface area contributed by atoms with E-state index in [0.29, 0.717) is 18.6 Å². The molecule has 0 spiro atoms. The third-order valence-corrected chi connectivity index (χ3v) is 4.09. The third kappa shape index (κ3) is 3.54. The van der Waals surface area contributed by atoms with Crippen molar-refractivity contribution in [2.75, 3.05) is 0 Å². The molecule has 0 saturated heterocycles. The molecule has 3 rings (SSSR count). The van der Waals surface area contributed by atoms with Crippen molar-refractivity contribution in [2.24, 2.45) is 0 Å². The zero-order valence-corrected chi connectivity index (χ0v) is 13.2. The maximum atomic E-state index is 10.6. The summed E-state index contributed by atoms with van der Waals surface area (Å²) in [6, 6.07) is 21.4. The molecule has 0 fully saturated rings. The van der Waals surface area contributed by atoms with Crippen LogP contribution in [0, 0.1) is 6.92 Å². The summed E-state index contributed by atoms with van der Waals surface area (Å²) >= 11 is 0. The van der Waals surface area contributed by atoms with E-state index < -0.39 is 0 Å². The van der Waals surface area contributed by atoms with Gasteiger partial charge in [0.1, 0.15) is 11.5 Å². The van der Waals surface area contributed by atoms with Crippen LogP contribution in [0.1, 0.15) is 27.8 Å². The second-order valence-corrected chi connectivity index (χ2v) is 5.89. The lowest BCUT2D eigenvalue weighted by atomic mass is 9.97. The fraction of sp³-hybridized carbons (Fsp3) is 0.143. The maximum absolute atomic E-state index is 10.6. The van der Waals surface area contributed by atoms with Crippen LogP contribution in [0.15, 0.2) is 66.7 Å². The Balaban J connectivity index is 1.86. The van der Waals surface area contributed by atoms with E-state index in [9.17, 15) is 10.2 Å². The smallest absolute Gasteiger partial charge is 0.122 e. The van der Waals surface area contributed by atoms with Gasteiger partial charge in [0, 0.05) is 12.8 Å². The lowest BCUT2D eigenvalue weighted by Gasteiger charge is -2.11. The predicted molar refractivity (Wildman–Crippen MR) is 93.0 cm³/mol. The van der Waals surface area contributed by atoms with Gasteiger partial charge in [0.05, 0.1) is 0 Å². The molecule has 0 aliphatic rings. The Morgan fingerprint density at radius 3 is 1.96 bits per heavy atom. The lowest BCUT2D eigenvalue weighted by Crippen LogP contribution is -1.95. The van der Waals surface area contributed by atoms with Gasteiger partial charge in [-0.05, 0) is 35.2 Å². The quantitative estimate of drug-likeness (QED) is 0.740. The maximum Gasteiger partial charge on any atom is 0.122 e. The van der Waals surface area contributed by atoms with E-state index in [2.05, 4.69) is 31.2 Å². The SMILES string of the molecule is Cc1ccc(Cc2cccc(Cc3ccccc3O)c2O)cc1. The molecule has 0 aliphatic carbocycles. The zero-order chi connectivity index (χ0) is 16.2. The Labute approximate surface area is 136 Å². The van der Waals surface area contributed by atoms with E-state index in [0.717, 1.165) is 16.7 Å². The molecule has 2 N–H and O–H groups in total. The van der Waals surface area contributed by atoms with Gasteiger partial charge in [0.2, 0.25) is 0 Å². The van der Waals surface area contributed by atoms with Gasteiger partial charge in [0.15, 0.2) is 0 Å². The molecule has 0 aromatic heterocycles. The molecule has 0 heterocycles. The molecular weight excluding hydrogens is 284 g/mol. The van der Waals surface area contributed by atoms with E-state index in [-0.39, 0.29) is 5.75 Å². The van der Waals surface area contributed by atoms with Crippen molar-refractivity contribution in [1.82, 2.24) is 0 Å². The Hall–Kier alpha value is -2.74. The summed E-state index contributed by atoms with van der Waals surface area (Å²) in [5.41, 5.74) is 4.95. The van der Waals surface area contributed by atoms with Crippen molar-refractivity contribution < 1.29 is 10.2 Å². The average molecular weight is 304 g/mol. The monoisotopic (exact) mass is 304 g/mol. The molecule has 116 valence electrons. The minimum absolute atomic E-state index is 0.260. The van der Waals surface area contributed by atoms with Crippen LogP contribution >= 0.6 is 0 Å². The van der Waals surface area contributed by atoms with Crippen LogP contribution in [-0.2, 0) is 12.8 Å². The van der Waals surface area contributed by atoms with Crippen molar-refractivity contribution in [3.63, 3.8) is 0 Å². The standard InChI is InChI=1S/C21H20O2/c1-15-9-11-16(12-10-15)13-18-6-4-7-19(21(18)23)14-17-5-2-3-8-20(17)22/h2-12,22-23H,13-14H2,1H3. The highest BCUT2D eigenvalue weighted by atomic mass is 16.3. The Kier molecular flexibility index (Phi) is 4.33. The Bertz CT molecular complexity index is 804. The topological polar surface area (TPSA) is 40.5 Å². The van der Waals surface area contributed by atoms with E-state index in [1.165, 1.54) is 11.1 Å². The van der Waals surface area contributed by atoms with Crippen molar-refractivity contribution in [3.8, 4) is 11.5 Å². The third-order valence-electron chi connectivity index (χ3n) is 4.09. The average Bonchev–Trinajstić information content (AvgIpc) is 2.55. The van der Waals surface area contributed by atoms with Gasteiger partial charge in [-0.25, -0.2) is 0 Å². The molecule has 0 saturated carbocycles. The number of aromatic hydroxyl groups is 2. The van der Waals surface area contributed by atoms with Gasteiger partial charge in [-0.15, -0.1) is 0 Å². The van der Waals surface area contributed by atoms with Crippen LogP contribution in [0.5, 0.6) is 11.5 Å². The summed E-state index contributed by atoms with van der Waals surface area (Å²) in [6.07, 6.45) is 1.21. The highest BCUT2D eigenvalue weighted by Crippen LogP contribution is 2.29. The normalized spacial score (nSPS) is 10.7. The molecule has 3 aromatic carbocycles. The molecule has 0 atom stereocenters. The van der Waals surface area contributed by atoms with Crippen LogP contribution in [0.2, 0.25) is 0 Å². The molecule has 2 nitrogen and oxygen atoms in total. The van der Waals surface area contributed by atoms with Crippen LogP contribution in [0.25, 0.3) is 0 Å². The number of hydrogen-bond donors (Lipinski definition) is 2. The molecule has 2 heteroatoms. The molecule has 0 aliphatic heterocycles. The molecule has 0 unspecified atom stereocenters. The second kappa shape index (κ2) is 6.57. The van der Waals surface area contributed by atoms with Crippen LogP contribution in [0.4, 0.5) is 0 Å². The molecule has 0 bridgehead atoms. The summed E-state index contributed by atoms with van der Waals surface area (Å²) in [5.74, 6) is 0.576. The van der Waals surface area contributed by atoms with E-state index in [4.69, 9.17) is 0 Å². The van der Waals surface area contributed by atoms with E-state index in [1.54, 1.807) is 12.1 Å². The summed E-state index contributed by atoms with van der Waals surface area (Å²) in [4.78, 5) is 0. The Morgan fingerprint density at radius 2 is 1.26 bits per heavy atom. The molecule has 23 heavy (non-hydrogen) atoms. The number of para-hydroxylation sites is 2. The lowest BCUT2D eigenvalue weighted by molar-refractivity contribution is 0.459. The van der Waals surface area contributed by atoms with Crippen molar-refractivity contribution in [3.05, 3.63) is 94.5 Å². The number of phenols is 2. The van der Waals surface area contributed by atoms with Gasteiger partial charge < -0.3 is 10.2 Å². The molecule has 0 amide bonds. The molecule has 3 aromatic rings. The first-order valence-electron chi connectivity index (χ1n) is 7.75. The van der Waals surface area contributed by atoms with Gasteiger partial charge in [-0.3, -0.25) is 0 Å².